The third kappa shape index (κ3) is 2.54. The lowest BCUT2D eigenvalue weighted by Crippen LogP contribution is -2.06. The molecular formula is C16H16N4. The van der Waals surface area contributed by atoms with Crippen molar-refractivity contribution in [1.82, 2.24) is 14.8 Å². The summed E-state index contributed by atoms with van der Waals surface area (Å²) >= 11 is 0. The summed E-state index contributed by atoms with van der Waals surface area (Å²) in [6.45, 7) is 0.653. The largest absolute Gasteiger partial charge is 0.377 e. The lowest BCUT2D eigenvalue weighted by molar-refractivity contribution is 0.812. The van der Waals surface area contributed by atoms with E-state index in [-0.39, 0.29) is 0 Å². The van der Waals surface area contributed by atoms with E-state index in [4.69, 9.17) is 0 Å². The molecule has 4 nitrogen and oxygen atoms in total. The van der Waals surface area contributed by atoms with Crippen molar-refractivity contribution < 1.29 is 0 Å². The number of anilines is 1. The fourth-order valence-corrected chi connectivity index (χ4v) is 2.15. The highest BCUT2D eigenvalue weighted by atomic mass is 15.3. The first-order valence-corrected chi connectivity index (χ1v) is 6.56. The lowest BCUT2D eigenvalue weighted by Gasteiger charge is -2.11. The molecule has 0 aliphatic rings. The second kappa shape index (κ2) is 5.57. The molecule has 100 valence electrons. The topological polar surface area (TPSA) is 42.7 Å². The molecule has 4 heteroatoms. The summed E-state index contributed by atoms with van der Waals surface area (Å²) in [7, 11) is 1.94. The zero-order valence-electron chi connectivity index (χ0n) is 11.3. The van der Waals surface area contributed by atoms with E-state index in [1.165, 1.54) is 11.1 Å². The minimum atomic E-state index is 0.653. The molecule has 0 aliphatic heterocycles. The molecule has 0 aliphatic carbocycles. The van der Waals surface area contributed by atoms with E-state index in [1.807, 2.05) is 23.7 Å². The van der Waals surface area contributed by atoms with Crippen LogP contribution in [0.25, 0.3) is 11.1 Å². The Labute approximate surface area is 118 Å². The Kier molecular flexibility index (Phi) is 3.46. The Morgan fingerprint density at radius 1 is 1.00 bits per heavy atom. The Morgan fingerprint density at radius 3 is 2.50 bits per heavy atom. The van der Waals surface area contributed by atoms with Crippen LogP contribution < -0.4 is 5.32 Å². The average molecular weight is 264 g/mol. The molecule has 0 bridgehead atoms. The van der Waals surface area contributed by atoms with Gasteiger partial charge in [-0.3, -0.25) is 0 Å². The number of aromatic nitrogens is 3. The van der Waals surface area contributed by atoms with Gasteiger partial charge >= 0.3 is 0 Å². The van der Waals surface area contributed by atoms with Crippen molar-refractivity contribution in [1.29, 1.82) is 0 Å². The standard InChI is InChI=1S/C16H16N4/c1-20-12-18-19-16(20)11-17-15-10-6-5-9-14(15)13-7-3-2-4-8-13/h2-10,12,17H,11H2,1H3. The van der Waals surface area contributed by atoms with E-state index < -0.39 is 0 Å². The molecule has 0 radical (unpaired) electrons. The van der Waals surface area contributed by atoms with Gasteiger partial charge in [0.05, 0.1) is 6.54 Å². The van der Waals surface area contributed by atoms with Crippen LogP contribution in [0.15, 0.2) is 60.9 Å². The first kappa shape index (κ1) is 12.4. The molecule has 0 amide bonds. The first-order chi connectivity index (χ1) is 9.84. The number of nitrogens with zero attached hydrogens (tertiary/aromatic N) is 3. The van der Waals surface area contributed by atoms with E-state index in [0.717, 1.165) is 11.5 Å². The van der Waals surface area contributed by atoms with Crippen LogP contribution in [0.1, 0.15) is 5.82 Å². The molecule has 0 spiro atoms. The summed E-state index contributed by atoms with van der Waals surface area (Å²) in [5, 5.41) is 11.4. The van der Waals surface area contributed by atoms with Crippen molar-refractivity contribution in [3.05, 3.63) is 66.7 Å². The third-order valence-corrected chi connectivity index (χ3v) is 3.25. The van der Waals surface area contributed by atoms with E-state index in [1.54, 1.807) is 6.33 Å². The smallest absolute Gasteiger partial charge is 0.151 e. The quantitative estimate of drug-likeness (QED) is 0.787. The number of hydrogen-bond acceptors (Lipinski definition) is 3. The minimum Gasteiger partial charge on any atom is -0.377 e. The molecule has 3 rings (SSSR count). The van der Waals surface area contributed by atoms with Crippen molar-refractivity contribution in [2.75, 3.05) is 5.32 Å². The zero-order chi connectivity index (χ0) is 13.8. The molecule has 20 heavy (non-hydrogen) atoms. The maximum absolute atomic E-state index is 4.08. The monoisotopic (exact) mass is 264 g/mol. The molecule has 0 fully saturated rings. The minimum absolute atomic E-state index is 0.653. The van der Waals surface area contributed by atoms with Crippen molar-refractivity contribution in [3.8, 4) is 11.1 Å². The highest BCUT2D eigenvalue weighted by molar-refractivity contribution is 5.77. The van der Waals surface area contributed by atoms with Crippen LogP contribution in [-0.2, 0) is 13.6 Å². The van der Waals surface area contributed by atoms with Crippen LogP contribution in [-0.4, -0.2) is 14.8 Å². The van der Waals surface area contributed by atoms with Crippen molar-refractivity contribution in [2.45, 2.75) is 6.54 Å². The maximum atomic E-state index is 4.08. The molecular weight excluding hydrogens is 248 g/mol. The fourth-order valence-electron chi connectivity index (χ4n) is 2.15. The second-order valence-electron chi connectivity index (χ2n) is 4.62. The SMILES string of the molecule is Cn1cnnc1CNc1ccccc1-c1ccccc1. The highest BCUT2D eigenvalue weighted by Gasteiger charge is 2.05. The van der Waals surface area contributed by atoms with Gasteiger partial charge in [0.15, 0.2) is 5.82 Å². The van der Waals surface area contributed by atoms with Gasteiger partial charge < -0.3 is 9.88 Å². The summed E-state index contributed by atoms with van der Waals surface area (Å²) in [5.41, 5.74) is 3.49. The van der Waals surface area contributed by atoms with Gasteiger partial charge in [-0.1, -0.05) is 48.5 Å². The molecule has 0 saturated carbocycles. The lowest BCUT2D eigenvalue weighted by atomic mass is 10.0. The number of nitrogens with one attached hydrogen (secondary N) is 1. The molecule has 0 unspecified atom stereocenters. The van der Waals surface area contributed by atoms with E-state index >= 15 is 0 Å². The molecule has 1 aromatic heterocycles. The normalized spacial score (nSPS) is 10.4. The molecule has 3 aromatic rings. The van der Waals surface area contributed by atoms with Crippen LogP contribution >= 0.6 is 0 Å². The van der Waals surface area contributed by atoms with Crippen molar-refractivity contribution >= 4 is 5.69 Å². The van der Waals surface area contributed by atoms with Crippen LogP contribution in [0, 0.1) is 0 Å². The summed E-state index contributed by atoms with van der Waals surface area (Å²) in [5.74, 6) is 0.910. The van der Waals surface area contributed by atoms with Gasteiger partial charge in [-0.2, -0.15) is 0 Å². The number of para-hydroxylation sites is 1. The van der Waals surface area contributed by atoms with Gasteiger partial charge in [-0.15, -0.1) is 10.2 Å². The Hall–Kier alpha value is -2.62. The molecule has 1 heterocycles. The van der Waals surface area contributed by atoms with Gasteiger partial charge in [0.25, 0.3) is 0 Å². The zero-order valence-corrected chi connectivity index (χ0v) is 11.3. The molecule has 0 saturated heterocycles. The molecule has 1 N–H and O–H groups in total. The number of aryl methyl sites for hydroxylation is 1. The van der Waals surface area contributed by atoms with E-state index in [9.17, 15) is 0 Å². The maximum Gasteiger partial charge on any atom is 0.151 e. The number of hydrogen-bond donors (Lipinski definition) is 1. The van der Waals surface area contributed by atoms with Gasteiger partial charge in [0.2, 0.25) is 0 Å². The summed E-state index contributed by atoms with van der Waals surface area (Å²) in [4.78, 5) is 0. The van der Waals surface area contributed by atoms with Gasteiger partial charge in [-0.25, -0.2) is 0 Å². The van der Waals surface area contributed by atoms with E-state index in [0.29, 0.717) is 6.54 Å². The summed E-state index contributed by atoms with van der Waals surface area (Å²) < 4.78 is 1.91. The number of benzene rings is 2. The molecule has 2 aromatic carbocycles. The van der Waals surface area contributed by atoms with Gasteiger partial charge in [-0.05, 0) is 11.6 Å². The van der Waals surface area contributed by atoms with Crippen molar-refractivity contribution in [2.24, 2.45) is 7.05 Å². The van der Waals surface area contributed by atoms with Crippen LogP contribution in [0.2, 0.25) is 0 Å². The van der Waals surface area contributed by atoms with Crippen molar-refractivity contribution in [3.63, 3.8) is 0 Å². The number of rotatable bonds is 4. The average Bonchev–Trinajstić information content (AvgIpc) is 2.92. The van der Waals surface area contributed by atoms with E-state index in [2.05, 4.69) is 58.0 Å². The Bertz CT molecular complexity index is 688. The molecule has 0 atom stereocenters. The van der Waals surface area contributed by atoms with Crippen LogP contribution in [0.5, 0.6) is 0 Å². The second-order valence-corrected chi connectivity index (χ2v) is 4.62. The van der Waals surface area contributed by atoms with Gasteiger partial charge in [0, 0.05) is 18.3 Å². The summed E-state index contributed by atoms with van der Waals surface area (Å²) in [6.07, 6.45) is 1.71. The summed E-state index contributed by atoms with van der Waals surface area (Å²) in [6, 6.07) is 18.6. The van der Waals surface area contributed by atoms with Gasteiger partial charge in [0.1, 0.15) is 6.33 Å². The van der Waals surface area contributed by atoms with Crippen LogP contribution in [0.3, 0.4) is 0 Å². The first-order valence-electron chi connectivity index (χ1n) is 6.56. The Morgan fingerprint density at radius 2 is 1.75 bits per heavy atom. The fraction of sp³-hybridized carbons (Fsp3) is 0.125. The van der Waals surface area contributed by atoms with Crippen LogP contribution in [0.4, 0.5) is 5.69 Å². The highest BCUT2D eigenvalue weighted by Crippen LogP contribution is 2.27. The predicted octanol–water partition coefficient (Wildman–Crippen LogP) is 3.09. The predicted molar refractivity (Wildman–Crippen MR) is 80.2 cm³/mol. The third-order valence-electron chi connectivity index (χ3n) is 3.25. The Balaban J connectivity index is 1.85.